The summed E-state index contributed by atoms with van der Waals surface area (Å²) in [6.07, 6.45) is 2.27. The first-order valence-electron chi connectivity index (χ1n) is 6.80. The summed E-state index contributed by atoms with van der Waals surface area (Å²) in [6, 6.07) is 11.8. The summed E-state index contributed by atoms with van der Waals surface area (Å²) in [6.45, 7) is 2.80. The highest BCUT2D eigenvalue weighted by Crippen LogP contribution is 2.17. The number of ether oxygens (including phenoxy) is 1. The van der Waals surface area contributed by atoms with E-state index in [1.807, 2.05) is 0 Å². The third-order valence-electron chi connectivity index (χ3n) is 3.63. The molecule has 1 saturated heterocycles. The molecule has 0 spiro atoms. The summed E-state index contributed by atoms with van der Waals surface area (Å²) in [5, 5.41) is 3.68. The minimum Gasteiger partial charge on any atom is -0.381 e. The Hall–Kier alpha value is -0.900. The van der Waals surface area contributed by atoms with Crippen molar-refractivity contribution in [2.75, 3.05) is 33.9 Å². The first kappa shape index (κ1) is 13.5. The van der Waals surface area contributed by atoms with Gasteiger partial charge in [-0.15, -0.1) is 0 Å². The summed E-state index contributed by atoms with van der Waals surface area (Å²) in [5.74, 6) is 0. The number of likely N-dealkylation sites (N-methyl/N-ethyl adjacent to an activating group) is 1. The monoisotopic (exact) mass is 248 g/mol. The number of benzene rings is 1. The standard InChI is InChI=1S/C15H24N2O/c1-17(2)15(13-6-4-3-5-7-13)12-16-14-8-10-18-11-9-14/h3-7,14-16H,8-12H2,1-2H3. The van der Waals surface area contributed by atoms with Crippen LogP contribution >= 0.6 is 0 Å². The van der Waals surface area contributed by atoms with Crippen LogP contribution < -0.4 is 5.32 Å². The molecule has 3 heteroatoms. The second-order valence-corrected chi connectivity index (χ2v) is 5.18. The van der Waals surface area contributed by atoms with Gasteiger partial charge in [0.15, 0.2) is 0 Å². The molecule has 1 aromatic rings. The quantitative estimate of drug-likeness (QED) is 0.863. The zero-order valence-corrected chi connectivity index (χ0v) is 11.4. The molecule has 0 bridgehead atoms. The third kappa shape index (κ3) is 3.80. The Morgan fingerprint density at radius 2 is 1.89 bits per heavy atom. The van der Waals surface area contributed by atoms with E-state index < -0.39 is 0 Å². The third-order valence-corrected chi connectivity index (χ3v) is 3.63. The molecule has 100 valence electrons. The van der Waals surface area contributed by atoms with Gasteiger partial charge in [-0.25, -0.2) is 0 Å². The highest BCUT2D eigenvalue weighted by atomic mass is 16.5. The van der Waals surface area contributed by atoms with E-state index >= 15 is 0 Å². The highest BCUT2D eigenvalue weighted by Gasteiger charge is 2.18. The summed E-state index contributed by atoms with van der Waals surface area (Å²) in [4.78, 5) is 2.28. The lowest BCUT2D eigenvalue weighted by Crippen LogP contribution is -2.40. The minimum absolute atomic E-state index is 0.439. The Bertz CT molecular complexity index is 334. The zero-order valence-electron chi connectivity index (χ0n) is 11.4. The normalized spacial score (nSPS) is 19.1. The van der Waals surface area contributed by atoms with Gasteiger partial charge in [-0.3, -0.25) is 0 Å². The van der Waals surface area contributed by atoms with Crippen LogP contribution in [-0.4, -0.2) is 44.8 Å². The first-order chi connectivity index (χ1) is 8.77. The number of rotatable bonds is 5. The van der Waals surface area contributed by atoms with Crippen LogP contribution in [0.3, 0.4) is 0 Å². The molecule has 1 aliphatic rings. The molecule has 0 amide bonds. The molecule has 1 aliphatic heterocycles. The summed E-state index contributed by atoms with van der Waals surface area (Å²) in [5.41, 5.74) is 1.38. The Morgan fingerprint density at radius 3 is 2.50 bits per heavy atom. The Kier molecular flexibility index (Phi) is 5.17. The largest absolute Gasteiger partial charge is 0.381 e. The SMILES string of the molecule is CN(C)C(CNC1CCOCC1)c1ccccc1. The van der Waals surface area contributed by atoms with Crippen molar-refractivity contribution in [3.05, 3.63) is 35.9 Å². The van der Waals surface area contributed by atoms with Crippen molar-refractivity contribution in [2.24, 2.45) is 0 Å². The van der Waals surface area contributed by atoms with E-state index in [-0.39, 0.29) is 0 Å². The van der Waals surface area contributed by atoms with Crippen molar-refractivity contribution in [1.82, 2.24) is 10.2 Å². The lowest BCUT2D eigenvalue weighted by Gasteiger charge is -2.29. The molecule has 1 atom stereocenters. The van der Waals surface area contributed by atoms with Gasteiger partial charge in [0, 0.05) is 31.8 Å². The fourth-order valence-electron chi connectivity index (χ4n) is 2.45. The van der Waals surface area contributed by atoms with E-state index in [0.29, 0.717) is 12.1 Å². The maximum atomic E-state index is 5.39. The van der Waals surface area contributed by atoms with Gasteiger partial charge in [0.1, 0.15) is 0 Å². The van der Waals surface area contributed by atoms with Crippen molar-refractivity contribution in [1.29, 1.82) is 0 Å². The summed E-state index contributed by atoms with van der Waals surface area (Å²) < 4.78 is 5.39. The van der Waals surface area contributed by atoms with Crippen molar-refractivity contribution in [3.63, 3.8) is 0 Å². The molecule has 0 saturated carbocycles. The van der Waals surface area contributed by atoms with Gasteiger partial charge >= 0.3 is 0 Å². The molecular weight excluding hydrogens is 224 g/mol. The van der Waals surface area contributed by atoms with Gasteiger partial charge in [-0.2, -0.15) is 0 Å². The van der Waals surface area contributed by atoms with Gasteiger partial charge in [-0.1, -0.05) is 30.3 Å². The molecule has 0 aromatic heterocycles. The maximum absolute atomic E-state index is 5.39. The van der Waals surface area contributed by atoms with Gasteiger partial charge in [0.25, 0.3) is 0 Å². The predicted molar refractivity (Wildman–Crippen MR) is 74.7 cm³/mol. The van der Waals surface area contributed by atoms with Crippen LogP contribution in [0.25, 0.3) is 0 Å². The molecule has 0 radical (unpaired) electrons. The van der Waals surface area contributed by atoms with E-state index in [9.17, 15) is 0 Å². The van der Waals surface area contributed by atoms with Crippen molar-refractivity contribution in [2.45, 2.75) is 24.9 Å². The van der Waals surface area contributed by atoms with Crippen molar-refractivity contribution >= 4 is 0 Å². The van der Waals surface area contributed by atoms with Gasteiger partial charge < -0.3 is 15.0 Å². The molecule has 3 nitrogen and oxygen atoms in total. The lowest BCUT2D eigenvalue weighted by molar-refractivity contribution is 0.0760. The fraction of sp³-hybridized carbons (Fsp3) is 0.600. The lowest BCUT2D eigenvalue weighted by atomic mass is 10.0. The van der Waals surface area contributed by atoms with Gasteiger partial charge in [0.2, 0.25) is 0 Å². The second-order valence-electron chi connectivity index (χ2n) is 5.18. The molecular formula is C15H24N2O. The molecule has 1 aromatic carbocycles. The molecule has 0 aliphatic carbocycles. The van der Waals surface area contributed by atoms with E-state index in [4.69, 9.17) is 4.74 Å². The van der Waals surface area contributed by atoms with Crippen molar-refractivity contribution < 1.29 is 4.74 Å². The van der Waals surface area contributed by atoms with Crippen molar-refractivity contribution in [3.8, 4) is 0 Å². The van der Waals surface area contributed by atoms with E-state index in [1.165, 1.54) is 5.56 Å². The molecule has 2 rings (SSSR count). The number of hydrogen-bond donors (Lipinski definition) is 1. The van der Waals surface area contributed by atoms with Crippen LogP contribution in [0, 0.1) is 0 Å². The number of hydrogen-bond acceptors (Lipinski definition) is 3. The van der Waals surface area contributed by atoms with Crippen LogP contribution in [0.2, 0.25) is 0 Å². The molecule has 1 unspecified atom stereocenters. The van der Waals surface area contributed by atoms with E-state index in [1.54, 1.807) is 0 Å². The Morgan fingerprint density at radius 1 is 1.22 bits per heavy atom. The van der Waals surface area contributed by atoms with Crippen LogP contribution in [0.5, 0.6) is 0 Å². The van der Waals surface area contributed by atoms with Crippen LogP contribution in [0.15, 0.2) is 30.3 Å². The summed E-state index contributed by atoms with van der Waals surface area (Å²) >= 11 is 0. The molecule has 1 heterocycles. The fourth-order valence-corrected chi connectivity index (χ4v) is 2.45. The molecule has 1 N–H and O–H groups in total. The first-order valence-corrected chi connectivity index (χ1v) is 6.80. The van der Waals surface area contributed by atoms with E-state index in [0.717, 1.165) is 32.6 Å². The average molecular weight is 248 g/mol. The van der Waals surface area contributed by atoms with Crippen LogP contribution in [0.4, 0.5) is 0 Å². The number of nitrogens with zero attached hydrogens (tertiary/aromatic N) is 1. The van der Waals surface area contributed by atoms with Crippen LogP contribution in [-0.2, 0) is 4.74 Å². The number of nitrogens with one attached hydrogen (secondary N) is 1. The maximum Gasteiger partial charge on any atom is 0.0480 e. The van der Waals surface area contributed by atoms with Crippen LogP contribution in [0.1, 0.15) is 24.4 Å². The Balaban J connectivity index is 1.90. The minimum atomic E-state index is 0.439. The topological polar surface area (TPSA) is 24.5 Å². The molecule has 1 fully saturated rings. The summed E-state index contributed by atoms with van der Waals surface area (Å²) in [7, 11) is 4.28. The van der Waals surface area contributed by atoms with Gasteiger partial charge in [0.05, 0.1) is 0 Å². The molecule has 18 heavy (non-hydrogen) atoms. The Labute approximate surface area is 110 Å². The highest BCUT2D eigenvalue weighted by molar-refractivity contribution is 5.19. The average Bonchev–Trinajstić information content (AvgIpc) is 2.41. The second kappa shape index (κ2) is 6.88. The zero-order chi connectivity index (χ0) is 12.8. The van der Waals surface area contributed by atoms with Gasteiger partial charge in [-0.05, 0) is 32.5 Å². The predicted octanol–water partition coefficient (Wildman–Crippen LogP) is 2.06. The smallest absolute Gasteiger partial charge is 0.0480 e. The van der Waals surface area contributed by atoms with E-state index in [2.05, 4.69) is 54.6 Å².